The second kappa shape index (κ2) is 8.43. The summed E-state index contributed by atoms with van der Waals surface area (Å²) in [6, 6.07) is 5.84. The largest absolute Gasteiger partial charge is 0.446 e. The molecule has 0 aliphatic carbocycles. The summed E-state index contributed by atoms with van der Waals surface area (Å²) < 4.78 is 27.7. The van der Waals surface area contributed by atoms with E-state index in [-0.39, 0.29) is 28.5 Å². The van der Waals surface area contributed by atoms with Gasteiger partial charge in [0.1, 0.15) is 6.26 Å². The van der Waals surface area contributed by atoms with Gasteiger partial charge in [0.05, 0.1) is 10.9 Å². The predicted molar refractivity (Wildman–Crippen MR) is 96.7 cm³/mol. The van der Waals surface area contributed by atoms with E-state index in [1.54, 1.807) is 12.1 Å². The third-order valence-electron chi connectivity index (χ3n) is 4.25. The van der Waals surface area contributed by atoms with Crippen molar-refractivity contribution in [2.24, 2.45) is 16.8 Å². The standard InChI is InChI=1S/C17H24N4O4S/c1-3-11(2)15(18)17-21-14(10-25-17)16(22)20-9-8-12-4-6-13(7-5-12)26(19,23)24/h4-7,10-11,15H,3,8-9,18H2,1-2H3,(H,20,22)(H2,19,23,24). The number of amides is 1. The molecular weight excluding hydrogens is 356 g/mol. The number of carbonyl (C=O) groups excluding carboxylic acids is 1. The van der Waals surface area contributed by atoms with Crippen LogP contribution in [-0.2, 0) is 16.4 Å². The number of nitrogens with two attached hydrogens (primary N) is 2. The van der Waals surface area contributed by atoms with Gasteiger partial charge >= 0.3 is 0 Å². The fourth-order valence-electron chi connectivity index (χ4n) is 2.30. The first-order chi connectivity index (χ1) is 12.2. The zero-order valence-corrected chi connectivity index (χ0v) is 15.6. The first kappa shape index (κ1) is 20.1. The molecule has 1 aromatic carbocycles. The average molecular weight is 380 g/mol. The summed E-state index contributed by atoms with van der Waals surface area (Å²) >= 11 is 0. The molecule has 142 valence electrons. The number of hydrogen-bond donors (Lipinski definition) is 3. The lowest BCUT2D eigenvalue weighted by molar-refractivity contribution is 0.0949. The maximum absolute atomic E-state index is 12.1. The molecule has 0 saturated heterocycles. The third-order valence-corrected chi connectivity index (χ3v) is 5.18. The highest BCUT2D eigenvalue weighted by Crippen LogP contribution is 2.21. The van der Waals surface area contributed by atoms with Gasteiger partial charge in [-0.25, -0.2) is 18.5 Å². The van der Waals surface area contributed by atoms with Crippen LogP contribution in [0.25, 0.3) is 0 Å². The van der Waals surface area contributed by atoms with E-state index in [0.29, 0.717) is 18.9 Å². The minimum atomic E-state index is -3.70. The lowest BCUT2D eigenvalue weighted by Gasteiger charge is -2.13. The summed E-state index contributed by atoms with van der Waals surface area (Å²) in [7, 11) is -3.70. The summed E-state index contributed by atoms with van der Waals surface area (Å²) in [5, 5.41) is 7.79. The number of hydrogen-bond acceptors (Lipinski definition) is 6. The van der Waals surface area contributed by atoms with Crippen molar-refractivity contribution in [1.82, 2.24) is 10.3 Å². The number of primary sulfonamides is 1. The van der Waals surface area contributed by atoms with Gasteiger partial charge in [-0.05, 0) is 30.0 Å². The number of oxazole rings is 1. The zero-order chi connectivity index (χ0) is 19.3. The fourth-order valence-corrected chi connectivity index (χ4v) is 2.81. The predicted octanol–water partition coefficient (Wildman–Crippen LogP) is 1.34. The van der Waals surface area contributed by atoms with E-state index in [9.17, 15) is 13.2 Å². The highest BCUT2D eigenvalue weighted by atomic mass is 32.2. The van der Waals surface area contributed by atoms with Crippen LogP contribution in [0.2, 0.25) is 0 Å². The van der Waals surface area contributed by atoms with E-state index < -0.39 is 10.0 Å². The highest BCUT2D eigenvalue weighted by Gasteiger charge is 2.20. The number of sulfonamides is 1. The molecule has 1 amide bonds. The molecule has 5 N–H and O–H groups in total. The zero-order valence-electron chi connectivity index (χ0n) is 14.8. The lowest BCUT2D eigenvalue weighted by atomic mass is 10.0. The van der Waals surface area contributed by atoms with E-state index in [0.717, 1.165) is 12.0 Å². The van der Waals surface area contributed by atoms with Gasteiger partial charge < -0.3 is 15.5 Å². The third kappa shape index (κ3) is 5.13. The number of aromatic nitrogens is 1. The first-order valence-electron chi connectivity index (χ1n) is 8.33. The molecule has 0 aliphatic heterocycles. The summed E-state index contributed by atoms with van der Waals surface area (Å²) in [5.74, 6) is 0.199. The summed E-state index contributed by atoms with van der Waals surface area (Å²) in [6.07, 6.45) is 2.72. The van der Waals surface area contributed by atoms with Crippen molar-refractivity contribution in [1.29, 1.82) is 0 Å². The number of carbonyl (C=O) groups is 1. The van der Waals surface area contributed by atoms with E-state index in [1.807, 2.05) is 13.8 Å². The van der Waals surface area contributed by atoms with Crippen LogP contribution in [0.3, 0.4) is 0 Å². The number of benzene rings is 1. The number of nitrogens with one attached hydrogen (secondary N) is 1. The van der Waals surface area contributed by atoms with E-state index in [2.05, 4.69) is 10.3 Å². The molecule has 26 heavy (non-hydrogen) atoms. The Morgan fingerprint density at radius 3 is 2.54 bits per heavy atom. The molecule has 0 saturated carbocycles. The van der Waals surface area contributed by atoms with Gasteiger partial charge in [-0.2, -0.15) is 0 Å². The molecular formula is C17H24N4O4S. The molecule has 8 nitrogen and oxygen atoms in total. The quantitative estimate of drug-likeness (QED) is 0.631. The Hall–Kier alpha value is -2.23. The Morgan fingerprint density at radius 1 is 1.31 bits per heavy atom. The second-order valence-corrected chi connectivity index (χ2v) is 7.74. The van der Waals surface area contributed by atoms with Crippen molar-refractivity contribution in [3.8, 4) is 0 Å². The topological polar surface area (TPSA) is 141 Å². The molecule has 2 rings (SSSR count). The van der Waals surface area contributed by atoms with E-state index >= 15 is 0 Å². The molecule has 1 heterocycles. The molecule has 9 heteroatoms. The maximum Gasteiger partial charge on any atom is 0.273 e. The summed E-state index contributed by atoms with van der Waals surface area (Å²) in [6.45, 7) is 4.39. The molecule has 0 spiro atoms. The van der Waals surface area contributed by atoms with Gasteiger partial charge in [0.15, 0.2) is 5.69 Å². The first-order valence-corrected chi connectivity index (χ1v) is 9.88. The Kier molecular flexibility index (Phi) is 6.52. The van der Waals surface area contributed by atoms with Crippen LogP contribution >= 0.6 is 0 Å². The van der Waals surface area contributed by atoms with Crippen LogP contribution in [0, 0.1) is 5.92 Å². The minimum Gasteiger partial charge on any atom is -0.446 e. The van der Waals surface area contributed by atoms with Crippen LogP contribution in [0.4, 0.5) is 0 Å². The average Bonchev–Trinajstić information content (AvgIpc) is 3.10. The normalized spacial score (nSPS) is 14.0. The molecule has 0 bridgehead atoms. The number of nitrogens with zero attached hydrogens (tertiary/aromatic N) is 1. The van der Waals surface area contributed by atoms with E-state index in [1.165, 1.54) is 18.4 Å². The molecule has 2 atom stereocenters. The van der Waals surface area contributed by atoms with Gasteiger partial charge in [0.2, 0.25) is 15.9 Å². The number of rotatable bonds is 8. The van der Waals surface area contributed by atoms with Gasteiger partial charge in [0.25, 0.3) is 5.91 Å². The molecule has 1 aromatic heterocycles. The van der Waals surface area contributed by atoms with Crippen LogP contribution in [0.15, 0.2) is 39.8 Å². The van der Waals surface area contributed by atoms with E-state index in [4.69, 9.17) is 15.3 Å². The van der Waals surface area contributed by atoms with Crippen molar-refractivity contribution in [3.63, 3.8) is 0 Å². The molecule has 0 aliphatic rings. The Bertz CT molecular complexity index is 846. The molecule has 0 fully saturated rings. The van der Waals surface area contributed by atoms with Gasteiger partial charge in [-0.1, -0.05) is 32.4 Å². The minimum absolute atomic E-state index is 0.0538. The van der Waals surface area contributed by atoms with Crippen molar-refractivity contribution < 1.29 is 17.6 Å². The van der Waals surface area contributed by atoms with Crippen LogP contribution in [-0.4, -0.2) is 25.9 Å². The van der Waals surface area contributed by atoms with Crippen LogP contribution in [0.1, 0.15) is 48.3 Å². The lowest BCUT2D eigenvalue weighted by Crippen LogP contribution is -2.26. The Balaban J connectivity index is 1.88. The van der Waals surface area contributed by atoms with Crippen LogP contribution in [0.5, 0.6) is 0 Å². The monoisotopic (exact) mass is 380 g/mol. The van der Waals surface area contributed by atoms with Crippen molar-refractivity contribution >= 4 is 15.9 Å². The van der Waals surface area contributed by atoms with Gasteiger partial charge in [-0.3, -0.25) is 4.79 Å². The second-order valence-electron chi connectivity index (χ2n) is 6.18. The Labute approximate surface area is 153 Å². The van der Waals surface area contributed by atoms with Crippen molar-refractivity contribution in [2.45, 2.75) is 37.6 Å². The highest BCUT2D eigenvalue weighted by molar-refractivity contribution is 7.89. The SMILES string of the molecule is CCC(C)C(N)c1nc(C(=O)NCCc2ccc(S(N)(=O)=O)cc2)co1. The van der Waals surface area contributed by atoms with Crippen LogP contribution < -0.4 is 16.2 Å². The van der Waals surface area contributed by atoms with Gasteiger partial charge in [0, 0.05) is 6.54 Å². The molecule has 2 unspecified atom stereocenters. The summed E-state index contributed by atoms with van der Waals surface area (Å²) in [5.41, 5.74) is 7.10. The maximum atomic E-state index is 12.1. The van der Waals surface area contributed by atoms with Gasteiger partial charge in [-0.15, -0.1) is 0 Å². The smallest absolute Gasteiger partial charge is 0.273 e. The van der Waals surface area contributed by atoms with Crippen molar-refractivity contribution in [3.05, 3.63) is 47.7 Å². The Morgan fingerprint density at radius 2 is 1.96 bits per heavy atom. The molecule has 0 radical (unpaired) electrons. The fraction of sp³-hybridized carbons (Fsp3) is 0.412. The summed E-state index contributed by atoms with van der Waals surface area (Å²) in [4.78, 5) is 16.3. The molecule has 2 aromatic rings. The van der Waals surface area contributed by atoms with Crippen molar-refractivity contribution in [2.75, 3.05) is 6.54 Å².